The second-order valence-electron chi connectivity index (χ2n) is 5.26. The highest BCUT2D eigenvalue weighted by Crippen LogP contribution is 2.24. The third-order valence-corrected chi connectivity index (χ3v) is 3.66. The highest BCUT2D eigenvalue weighted by molar-refractivity contribution is 5.93. The number of piperidine rings is 1. The van der Waals surface area contributed by atoms with Gasteiger partial charge in [-0.15, -0.1) is 5.10 Å². The van der Waals surface area contributed by atoms with Crippen molar-refractivity contribution < 1.29 is 14.7 Å². The Hall–Kier alpha value is -1.92. The lowest BCUT2D eigenvalue weighted by Crippen LogP contribution is -2.52. The van der Waals surface area contributed by atoms with Crippen molar-refractivity contribution in [1.82, 2.24) is 20.1 Å². The van der Waals surface area contributed by atoms with Gasteiger partial charge in [-0.05, 0) is 25.2 Å². The molecule has 1 saturated heterocycles. The first-order chi connectivity index (χ1) is 9.54. The smallest absolute Gasteiger partial charge is 0.326 e. The lowest BCUT2D eigenvalue weighted by atomic mass is 9.90. The number of nitrogens with zero attached hydrogens (tertiary/aromatic N) is 3. The summed E-state index contributed by atoms with van der Waals surface area (Å²) in [5.74, 6) is -0.696. The van der Waals surface area contributed by atoms with Crippen molar-refractivity contribution in [3.8, 4) is 0 Å². The molecule has 0 aromatic carbocycles. The molecule has 1 aromatic heterocycles. The van der Waals surface area contributed by atoms with Gasteiger partial charge in [0.2, 0.25) is 5.82 Å². The summed E-state index contributed by atoms with van der Waals surface area (Å²) in [5.41, 5.74) is 0. The molecule has 1 aliphatic heterocycles. The Morgan fingerprint density at radius 1 is 1.50 bits per heavy atom. The number of aromatic nitrogens is 3. The van der Waals surface area contributed by atoms with Gasteiger partial charge < -0.3 is 10.0 Å². The number of aryl methyl sites for hydroxylation is 1. The second kappa shape index (κ2) is 6.02. The van der Waals surface area contributed by atoms with Crippen molar-refractivity contribution in [3.05, 3.63) is 11.6 Å². The van der Waals surface area contributed by atoms with Crippen molar-refractivity contribution in [2.45, 2.75) is 45.6 Å². The fourth-order valence-corrected chi connectivity index (χ4v) is 2.66. The Morgan fingerprint density at radius 3 is 2.90 bits per heavy atom. The van der Waals surface area contributed by atoms with Gasteiger partial charge in [-0.2, -0.15) is 0 Å². The number of nitrogens with one attached hydrogen (secondary N) is 1. The van der Waals surface area contributed by atoms with Crippen molar-refractivity contribution in [2.24, 2.45) is 5.92 Å². The minimum atomic E-state index is -0.963. The Kier molecular flexibility index (Phi) is 4.36. The van der Waals surface area contributed by atoms with E-state index in [1.807, 2.05) is 13.8 Å². The Balaban J connectivity index is 2.18. The summed E-state index contributed by atoms with van der Waals surface area (Å²) >= 11 is 0. The molecule has 2 N–H and O–H groups in total. The molecule has 2 heterocycles. The number of aromatic amines is 1. The van der Waals surface area contributed by atoms with Crippen LogP contribution < -0.4 is 0 Å². The first-order valence-electron chi connectivity index (χ1n) is 6.99. The largest absolute Gasteiger partial charge is 0.480 e. The summed E-state index contributed by atoms with van der Waals surface area (Å²) < 4.78 is 0. The van der Waals surface area contributed by atoms with Crippen LogP contribution in [0.15, 0.2) is 0 Å². The fourth-order valence-electron chi connectivity index (χ4n) is 2.66. The van der Waals surface area contributed by atoms with E-state index < -0.39 is 17.9 Å². The van der Waals surface area contributed by atoms with Gasteiger partial charge in [-0.3, -0.25) is 9.89 Å². The van der Waals surface area contributed by atoms with Crippen molar-refractivity contribution in [2.75, 3.05) is 6.54 Å². The molecule has 1 fully saturated rings. The van der Waals surface area contributed by atoms with Crippen LogP contribution in [0.4, 0.5) is 0 Å². The molecule has 7 heteroatoms. The highest BCUT2D eigenvalue weighted by Gasteiger charge is 2.38. The molecule has 0 aliphatic carbocycles. The quantitative estimate of drug-likeness (QED) is 0.859. The van der Waals surface area contributed by atoms with Gasteiger partial charge >= 0.3 is 5.97 Å². The zero-order chi connectivity index (χ0) is 14.7. The van der Waals surface area contributed by atoms with Crippen LogP contribution in [0.25, 0.3) is 0 Å². The molecule has 0 radical (unpaired) electrons. The van der Waals surface area contributed by atoms with E-state index in [0.29, 0.717) is 12.4 Å². The summed E-state index contributed by atoms with van der Waals surface area (Å²) in [4.78, 5) is 29.3. The molecule has 1 aliphatic rings. The lowest BCUT2D eigenvalue weighted by molar-refractivity contribution is -0.145. The van der Waals surface area contributed by atoms with Gasteiger partial charge in [0.25, 0.3) is 5.91 Å². The standard InChI is InChI=1S/C13H20N4O3/c1-3-5-9-14-11(16-15-9)12(18)17-7-4-6-8(2)10(17)13(19)20/h8,10H,3-7H2,1-2H3,(H,19,20)(H,14,15,16). The average Bonchev–Trinajstić information content (AvgIpc) is 2.86. The molecule has 7 nitrogen and oxygen atoms in total. The van der Waals surface area contributed by atoms with Gasteiger partial charge in [0, 0.05) is 13.0 Å². The predicted octanol–water partition coefficient (Wildman–Crippen LogP) is 1.08. The number of H-pyrrole nitrogens is 1. The zero-order valence-electron chi connectivity index (χ0n) is 11.8. The average molecular weight is 280 g/mol. The molecular weight excluding hydrogens is 260 g/mol. The number of hydrogen-bond acceptors (Lipinski definition) is 4. The number of carboxylic acid groups (broad SMARTS) is 1. The molecule has 20 heavy (non-hydrogen) atoms. The van der Waals surface area contributed by atoms with Crippen molar-refractivity contribution in [1.29, 1.82) is 0 Å². The molecule has 110 valence electrons. The Bertz CT molecular complexity index is 500. The van der Waals surface area contributed by atoms with E-state index in [4.69, 9.17) is 0 Å². The summed E-state index contributed by atoms with van der Waals surface area (Å²) in [7, 11) is 0. The van der Waals surface area contributed by atoms with Gasteiger partial charge in [0.15, 0.2) is 0 Å². The summed E-state index contributed by atoms with van der Waals surface area (Å²) in [6.07, 6.45) is 3.25. The van der Waals surface area contributed by atoms with Crippen LogP contribution in [0.3, 0.4) is 0 Å². The predicted molar refractivity (Wildman–Crippen MR) is 71.2 cm³/mol. The number of carboxylic acids is 1. The molecule has 2 rings (SSSR count). The maximum Gasteiger partial charge on any atom is 0.326 e. The zero-order valence-corrected chi connectivity index (χ0v) is 11.8. The molecule has 0 spiro atoms. The lowest BCUT2D eigenvalue weighted by Gasteiger charge is -2.36. The number of amides is 1. The second-order valence-corrected chi connectivity index (χ2v) is 5.26. The first kappa shape index (κ1) is 14.5. The van der Waals surface area contributed by atoms with Gasteiger partial charge in [0.1, 0.15) is 11.9 Å². The monoisotopic (exact) mass is 280 g/mol. The van der Waals surface area contributed by atoms with E-state index in [9.17, 15) is 14.7 Å². The molecule has 1 aromatic rings. The topological polar surface area (TPSA) is 99.2 Å². The van der Waals surface area contributed by atoms with Gasteiger partial charge in [0.05, 0.1) is 0 Å². The minimum absolute atomic E-state index is 0.0562. The number of likely N-dealkylation sites (tertiary alicyclic amines) is 1. The molecule has 2 unspecified atom stereocenters. The first-order valence-corrected chi connectivity index (χ1v) is 6.99. The molecule has 2 atom stereocenters. The van der Waals surface area contributed by atoms with E-state index >= 15 is 0 Å². The SMILES string of the molecule is CCCc1nc(C(=O)N2CCCC(C)C2C(=O)O)n[nH]1. The maximum atomic E-state index is 12.4. The minimum Gasteiger partial charge on any atom is -0.480 e. The Labute approximate surface area is 117 Å². The number of rotatable bonds is 4. The van der Waals surface area contributed by atoms with E-state index in [2.05, 4.69) is 15.2 Å². The molecule has 0 saturated carbocycles. The third-order valence-electron chi connectivity index (χ3n) is 3.66. The maximum absolute atomic E-state index is 12.4. The normalized spacial score (nSPS) is 22.8. The van der Waals surface area contributed by atoms with Crippen LogP contribution in [0.5, 0.6) is 0 Å². The van der Waals surface area contributed by atoms with Gasteiger partial charge in [-0.25, -0.2) is 9.78 Å². The molecule has 1 amide bonds. The third kappa shape index (κ3) is 2.81. The summed E-state index contributed by atoms with van der Waals surface area (Å²) in [5, 5.41) is 16.0. The number of hydrogen-bond donors (Lipinski definition) is 2. The van der Waals surface area contributed by atoms with Gasteiger partial charge in [-0.1, -0.05) is 13.8 Å². The van der Waals surface area contributed by atoms with Crippen LogP contribution >= 0.6 is 0 Å². The highest BCUT2D eigenvalue weighted by atomic mass is 16.4. The number of carbonyl (C=O) groups is 2. The van der Waals surface area contributed by atoms with Crippen LogP contribution in [0.1, 0.15) is 49.6 Å². The number of carbonyl (C=O) groups excluding carboxylic acids is 1. The van der Waals surface area contributed by atoms with Crippen LogP contribution in [0, 0.1) is 5.92 Å². The van der Waals surface area contributed by atoms with E-state index in [1.54, 1.807) is 0 Å². The molecule has 0 bridgehead atoms. The Morgan fingerprint density at radius 2 is 2.25 bits per heavy atom. The van der Waals surface area contributed by atoms with Crippen molar-refractivity contribution >= 4 is 11.9 Å². The fraction of sp³-hybridized carbons (Fsp3) is 0.692. The van der Waals surface area contributed by atoms with Crippen LogP contribution in [-0.4, -0.2) is 49.7 Å². The molecular formula is C13H20N4O3. The summed E-state index contributed by atoms with van der Waals surface area (Å²) in [6, 6.07) is -0.788. The summed E-state index contributed by atoms with van der Waals surface area (Å²) in [6.45, 7) is 4.31. The van der Waals surface area contributed by atoms with Crippen molar-refractivity contribution in [3.63, 3.8) is 0 Å². The number of aliphatic carboxylic acids is 1. The van der Waals surface area contributed by atoms with E-state index in [-0.39, 0.29) is 11.7 Å². The van der Waals surface area contributed by atoms with Crippen LogP contribution in [0.2, 0.25) is 0 Å². The van der Waals surface area contributed by atoms with E-state index in [0.717, 1.165) is 25.7 Å². The van der Waals surface area contributed by atoms with Crippen LogP contribution in [-0.2, 0) is 11.2 Å². The van der Waals surface area contributed by atoms with E-state index in [1.165, 1.54) is 4.90 Å².